The van der Waals surface area contributed by atoms with Crippen molar-refractivity contribution in [3.63, 3.8) is 0 Å². The van der Waals surface area contributed by atoms with E-state index in [0.29, 0.717) is 20.8 Å². The Balaban J connectivity index is 3.99. The Labute approximate surface area is 150 Å². The number of aliphatic hydroxyl groups is 5. The molecule has 0 aromatic rings. The molecule has 1 aliphatic heterocycles. The second kappa shape index (κ2) is 6.27. The van der Waals surface area contributed by atoms with Crippen LogP contribution < -0.4 is 0 Å². The number of halogens is 1. The average Bonchev–Trinajstić information content (AvgIpc) is 2.47. The highest BCUT2D eigenvalue weighted by Gasteiger charge is 2.83. The van der Waals surface area contributed by atoms with Gasteiger partial charge in [0.05, 0.1) is 0 Å². The molecule has 142 valence electrons. The Kier molecular flexibility index (Phi) is 5.51. The minimum atomic E-state index is -3.68. The van der Waals surface area contributed by atoms with E-state index in [2.05, 4.69) is 15.9 Å². The molecule has 6 atom stereocenters. The normalized spacial score (nSPS) is 42.6. The van der Waals surface area contributed by atoms with Crippen LogP contribution >= 0.6 is 15.9 Å². The monoisotopic (exact) mass is 426 g/mol. The lowest BCUT2D eigenvalue weighted by atomic mass is 9.60. The van der Waals surface area contributed by atoms with Crippen LogP contribution in [0.25, 0.3) is 0 Å². The van der Waals surface area contributed by atoms with Crippen LogP contribution in [0.15, 0.2) is 0 Å². The highest BCUT2D eigenvalue weighted by atomic mass is 79.9. The van der Waals surface area contributed by atoms with Crippen LogP contribution in [0.1, 0.15) is 27.7 Å². The Morgan fingerprint density at radius 3 is 1.60 bits per heavy atom. The zero-order valence-electron chi connectivity index (χ0n) is 13.8. The highest BCUT2D eigenvalue weighted by Crippen LogP contribution is 2.52. The molecule has 1 unspecified atom stereocenters. The molecule has 0 saturated carbocycles. The number of hydrogen-bond acceptors (Lipinski definition) is 10. The minimum absolute atomic E-state index is 0.625. The highest BCUT2D eigenvalue weighted by molar-refractivity contribution is 9.10. The summed E-state index contributed by atoms with van der Waals surface area (Å²) in [5.41, 5.74) is -10.7. The molecule has 1 fully saturated rings. The van der Waals surface area contributed by atoms with Crippen molar-refractivity contribution in [3.05, 3.63) is 0 Å². The molecule has 0 bridgehead atoms. The molecule has 0 aromatic carbocycles. The molecule has 0 radical (unpaired) electrons. The fraction of sp³-hybridized carbons (Fsp3) is 0.714. The third-order valence-corrected chi connectivity index (χ3v) is 5.16. The van der Waals surface area contributed by atoms with Gasteiger partial charge in [-0.1, -0.05) is 0 Å². The summed E-state index contributed by atoms with van der Waals surface area (Å²) in [5, 5.41) is 52.1. The first kappa shape index (κ1) is 22.0. The van der Waals surface area contributed by atoms with E-state index in [1.54, 1.807) is 0 Å². The van der Waals surface area contributed by atoms with E-state index >= 15 is 0 Å². The van der Waals surface area contributed by atoms with Gasteiger partial charge in [-0.2, -0.15) is 0 Å². The number of aliphatic hydroxyl groups excluding tert-OH is 1. The summed E-state index contributed by atoms with van der Waals surface area (Å²) < 4.78 is 1.56. The number of hydrogen-bond donors (Lipinski definition) is 5. The van der Waals surface area contributed by atoms with E-state index in [0.717, 1.165) is 6.92 Å². The molecule has 10 nitrogen and oxygen atoms in total. The zero-order chi connectivity index (χ0) is 20.2. The van der Waals surface area contributed by atoms with E-state index in [-0.39, 0.29) is 0 Å². The summed E-state index contributed by atoms with van der Waals surface area (Å²) in [7, 11) is 0. The van der Waals surface area contributed by atoms with Crippen molar-refractivity contribution in [2.45, 2.75) is 61.4 Å². The second-order valence-corrected chi connectivity index (χ2v) is 7.07. The number of carbonyl (C=O) groups excluding carboxylic acids is 4. The van der Waals surface area contributed by atoms with Crippen molar-refractivity contribution in [3.8, 4) is 0 Å². The van der Waals surface area contributed by atoms with Crippen LogP contribution in [0.4, 0.5) is 0 Å². The van der Waals surface area contributed by atoms with Crippen molar-refractivity contribution < 1.29 is 49.4 Å². The molecule has 0 aromatic heterocycles. The molecule has 0 aliphatic carbocycles. The van der Waals surface area contributed by atoms with Crippen LogP contribution in [0, 0.1) is 0 Å². The van der Waals surface area contributed by atoms with Gasteiger partial charge in [-0.25, -0.2) is 0 Å². The standard InChI is InChI=1S/C14H19BrO10/c1-5(16)9(20)10-11(21,6(2)17)12(22,7(3)18)13(23,8(4)19)14(15,24)25-10/h5,10,16,21-24H,1-4H3/t5?,10-,11+,12+,13-,14+/m1/s1. The van der Waals surface area contributed by atoms with Crippen molar-refractivity contribution >= 4 is 39.1 Å². The first-order valence-electron chi connectivity index (χ1n) is 7.04. The van der Waals surface area contributed by atoms with Gasteiger partial charge in [0.25, 0.3) is 4.70 Å². The van der Waals surface area contributed by atoms with Crippen LogP contribution in [0.3, 0.4) is 0 Å². The molecule has 1 heterocycles. The van der Waals surface area contributed by atoms with E-state index in [1.165, 1.54) is 0 Å². The summed E-state index contributed by atoms with van der Waals surface area (Å²) in [4.78, 5) is 48.4. The minimum Gasteiger partial charge on any atom is -0.386 e. The molecule has 1 rings (SSSR count). The van der Waals surface area contributed by atoms with Gasteiger partial charge in [0, 0.05) is 0 Å². The third kappa shape index (κ3) is 2.53. The van der Waals surface area contributed by atoms with Gasteiger partial charge in [0.1, 0.15) is 6.10 Å². The molecule has 1 aliphatic rings. The van der Waals surface area contributed by atoms with Crippen LogP contribution in [0.5, 0.6) is 0 Å². The molecule has 11 heteroatoms. The number of alkyl halides is 1. The third-order valence-electron chi connectivity index (χ3n) is 4.40. The lowest BCUT2D eigenvalue weighted by molar-refractivity contribution is -0.361. The first-order valence-corrected chi connectivity index (χ1v) is 7.83. The molecule has 5 N–H and O–H groups in total. The number of rotatable bonds is 5. The second-order valence-electron chi connectivity index (χ2n) is 5.99. The SMILES string of the molecule is CC(=O)[C@@]1(O)[C@](O)(C(C)=O)[C@](O)(C(C)=O)[C@@H](C(=O)C(C)O)O[C@]1(O)Br. The van der Waals surface area contributed by atoms with E-state index in [4.69, 9.17) is 4.74 Å². The molecular weight excluding hydrogens is 408 g/mol. The maximum Gasteiger partial charge on any atom is 0.265 e. The number of carbonyl (C=O) groups is 4. The largest absolute Gasteiger partial charge is 0.386 e. The maximum atomic E-state index is 12.2. The first-order chi connectivity index (χ1) is 11.0. The number of ketones is 4. The van der Waals surface area contributed by atoms with Gasteiger partial charge in [-0.3, -0.25) is 19.2 Å². The van der Waals surface area contributed by atoms with Gasteiger partial charge in [0.15, 0.2) is 34.8 Å². The Morgan fingerprint density at radius 2 is 1.32 bits per heavy atom. The Morgan fingerprint density at radius 1 is 0.920 bits per heavy atom. The van der Waals surface area contributed by atoms with Crippen molar-refractivity contribution in [1.29, 1.82) is 0 Å². The summed E-state index contributed by atoms with van der Waals surface area (Å²) in [5.74, 6) is -5.77. The Bertz CT molecular complexity index is 644. The molecule has 0 spiro atoms. The lowest BCUT2D eigenvalue weighted by Gasteiger charge is -2.58. The maximum absolute atomic E-state index is 12.2. The van der Waals surface area contributed by atoms with E-state index < -0.39 is 56.8 Å². The lowest BCUT2D eigenvalue weighted by Crippen LogP contribution is -2.89. The predicted octanol–water partition coefficient (Wildman–Crippen LogP) is -2.66. The summed E-state index contributed by atoms with van der Waals surface area (Å²) in [6.07, 6.45) is -4.33. The van der Waals surface area contributed by atoms with Crippen molar-refractivity contribution in [2.24, 2.45) is 0 Å². The van der Waals surface area contributed by atoms with E-state index in [9.17, 15) is 44.7 Å². The molecule has 25 heavy (non-hydrogen) atoms. The smallest absolute Gasteiger partial charge is 0.265 e. The topological polar surface area (TPSA) is 179 Å². The fourth-order valence-corrected chi connectivity index (χ4v) is 3.69. The predicted molar refractivity (Wildman–Crippen MR) is 82.3 cm³/mol. The van der Waals surface area contributed by atoms with Gasteiger partial charge in [-0.05, 0) is 43.6 Å². The number of ether oxygens (including phenoxy) is 1. The zero-order valence-corrected chi connectivity index (χ0v) is 15.4. The molecule has 0 amide bonds. The van der Waals surface area contributed by atoms with Crippen LogP contribution in [-0.4, -0.2) is 82.4 Å². The van der Waals surface area contributed by atoms with Gasteiger partial charge < -0.3 is 30.3 Å². The van der Waals surface area contributed by atoms with Crippen molar-refractivity contribution in [2.75, 3.05) is 0 Å². The number of Topliss-reactive ketones (excluding diaryl/α,β-unsaturated/α-hetero) is 4. The summed E-state index contributed by atoms with van der Waals surface area (Å²) in [6, 6.07) is 0. The van der Waals surface area contributed by atoms with E-state index in [1.807, 2.05) is 0 Å². The van der Waals surface area contributed by atoms with Gasteiger partial charge >= 0.3 is 0 Å². The van der Waals surface area contributed by atoms with Crippen LogP contribution in [0.2, 0.25) is 0 Å². The fourth-order valence-electron chi connectivity index (χ4n) is 2.93. The Hall–Kier alpha value is -1.08. The van der Waals surface area contributed by atoms with Crippen molar-refractivity contribution in [1.82, 2.24) is 0 Å². The quantitative estimate of drug-likeness (QED) is 0.291. The van der Waals surface area contributed by atoms with Crippen LogP contribution in [-0.2, 0) is 23.9 Å². The van der Waals surface area contributed by atoms with Gasteiger partial charge in [0.2, 0.25) is 11.2 Å². The molecule has 1 saturated heterocycles. The summed E-state index contributed by atoms with van der Waals surface area (Å²) >= 11 is 2.41. The molecular formula is C14H19BrO10. The summed E-state index contributed by atoms with van der Waals surface area (Å²) in [6.45, 7) is 2.89. The average molecular weight is 427 g/mol. The van der Waals surface area contributed by atoms with Gasteiger partial charge in [-0.15, -0.1) is 0 Å².